The number of carbonyl (C=O) groups is 1. The summed E-state index contributed by atoms with van der Waals surface area (Å²) in [5.74, 6) is 0. The number of hydrogen-bond acceptors (Lipinski definition) is 4. The Balaban J connectivity index is 1.43. The second kappa shape index (κ2) is 7.79. The van der Waals surface area contributed by atoms with E-state index in [9.17, 15) is 18.0 Å². The van der Waals surface area contributed by atoms with Crippen LogP contribution in [-0.4, -0.2) is 42.1 Å². The van der Waals surface area contributed by atoms with Gasteiger partial charge in [0, 0.05) is 26.2 Å². The van der Waals surface area contributed by atoms with Gasteiger partial charge in [-0.3, -0.25) is 0 Å². The number of piperazine rings is 1. The standard InChI is InChI=1S/C21H21F3N4OS/c1-13-11-14(2)18-17(12-13)26-20(30-18)28-9-7-27(8-10-28)19(29)25-16-6-4-3-5-15(16)21(22,23)24/h3-6,11-12H,7-10H2,1-2H3,(H,25,29). The molecule has 2 amide bonds. The van der Waals surface area contributed by atoms with Crippen molar-refractivity contribution in [3.8, 4) is 0 Å². The molecule has 3 aromatic rings. The molecule has 9 heteroatoms. The average Bonchev–Trinajstić information content (AvgIpc) is 3.12. The summed E-state index contributed by atoms with van der Waals surface area (Å²) in [4.78, 5) is 20.9. The minimum absolute atomic E-state index is 0.227. The van der Waals surface area contributed by atoms with Gasteiger partial charge in [-0.25, -0.2) is 9.78 Å². The molecule has 1 N–H and O–H groups in total. The molecular formula is C21H21F3N4OS. The number of rotatable bonds is 2. The van der Waals surface area contributed by atoms with Gasteiger partial charge in [-0.1, -0.05) is 29.5 Å². The first kappa shape index (κ1) is 20.5. The van der Waals surface area contributed by atoms with E-state index < -0.39 is 17.8 Å². The Morgan fingerprint density at radius 2 is 1.80 bits per heavy atom. The maximum Gasteiger partial charge on any atom is 0.418 e. The largest absolute Gasteiger partial charge is 0.418 e. The van der Waals surface area contributed by atoms with Gasteiger partial charge in [0.2, 0.25) is 0 Å². The topological polar surface area (TPSA) is 48.5 Å². The smallest absolute Gasteiger partial charge is 0.345 e. The zero-order chi connectivity index (χ0) is 21.5. The van der Waals surface area contributed by atoms with Crippen molar-refractivity contribution in [1.29, 1.82) is 0 Å². The number of anilines is 2. The Kier molecular flexibility index (Phi) is 5.31. The van der Waals surface area contributed by atoms with Crippen molar-refractivity contribution >= 4 is 38.4 Å². The van der Waals surface area contributed by atoms with Crippen LogP contribution >= 0.6 is 11.3 Å². The molecule has 1 saturated heterocycles. The van der Waals surface area contributed by atoms with Gasteiger partial charge in [-0.05, 0) is 43.2 Å². The Morgan fingerprint density at radius 1 is 1.10 bits per heavy atom. The third kappa shape index (κ3) is 4.07. The first-order valence-electron chi connectivity index (χ1n) is 9.57. The summed E-state index contributed by atoms with van der Waals surface area (Å²) >= 11 is 1.63. The normalized spacial score (nSPS) is 15.0. The van der Waals surface area contributed by atoms with E-state index in [1.165, 1.54) is 28.7 Å². The van der Waals surface area contributed by atoms with E-state index >= 15 is 0 Å². The number of carbonyl (C=O) groups excluding carboxylic acids is 1. The molecule has 0 spiro atoms. The van der Waals surface area contributed by atoms with Gasteiger partial charge in [-0.2, -0.15) is 13.2 Å². The molecule has 0 radical (unpaired) electrons. The summed E-state index contributed by atoms with van der Waals surface area (Å²) in [5, 5.41) is 3.32. The van der Waals surface area contributed by atoms with Crippen LogP contribution in [0.5, 0.6) is 0 Å². The Hall–Kier alpha value is -2.81. The molecule has 5 nitrogen and oxygen atoms in total. The van der Waals surface area contributed by atoms with E-state index in [1.807, 2.05) is 6.92 Å². The second-order valence-electron chi connectivity index (χ2n) is 7.37. The first-order chi connectivity index (χ1) is 14.2. The van der Waals surface area contributed by atoms with Crippen LogP contribution in [0.15, 0.2) is 36.4 Å². The lowest BCUT2D eigenvalue weighted by Crippen LogP contribution is -2.50. The highest BCUT2D eigenvalue weighted by molar-refractivity contribution is 7.22. The van der Waals surface area contributed by atoms with Crippen LogP contribution in [0.25, 0.3) is 10.2 Å². The Morgan fingerprint density at radius 3 is 2.50 bits per heavy atom. The van der Waals surface area contributed by atoms with Gasteiger partial charge in [0.05, 0.1) is 21.5 Å². The third-order valence-corrected chi connectivity index (χ3v) is 6.39. The predicted molar refractivity (Wildman–Crippen MR) is 113 cm³/mol. The first-order valence-corrected chi connectivity index (χ1v) is 10.4. The zero-order valence-corrected chi connectivity index (χ0v) is 17.4. The molecule has 1 aromatic heterocycles. The number of aromatic nitrogens is 1. The molecule has 158 valence electrons. The number of aryl methyl sites for hydroxylation is 2. The minimum Gasteiger partial charge on any atom is -0.345 e. The molecule has 0 atom stereocenters. The van der Waals surface area contributed by atoms with Crippen molar-refractivity contribution in [3.63, 3.8) is 0 Å². The van der Waals surface area contributed by atoms with E-state index in [-0.39, 0.29) is 5.69 Å². The lowest BCUT2D eigenvalue weighted by Gasteiger charge is -2.34. The quantitative estimate of drug-likeness (QED) is 0.597. The number of benzene rings is 2. The molecular weight excluding hydrogens is 413 g/mol. The maximum atomic E-state index is 13.1. The number of amides is 2. The van der Waals surface area contributed by atoms with Crippen LogP contribution in [0.1, 0.15) is 16.7 Å². The lowest BCUT2D eigenvalue weighted by atomic mass is 10.1. The lowest BCUT2D eigenvalue weighted by molar-refractivity contribution is -0.136. The zero-order valence-electron chi connectivity index (χ0n) is 16.6. The van der Waals surface area contributed by atoms with Crippen LogP contribution in [0.4, 0.5) is 28.8 Å². The number of fused-ring (bicyclic) bond motifs is 1. The van der Waals surface area contributed by atoms with E-state index in [0.29, 0.717) is 26.2 Å². The molecule has 0 saturated carbocycles. The molecule has 0 bridgehead atoms. The summed E-state index contributed by atoms with van der Waals surface area (Å²) in [6.45, 7) is 6.08. The van der Waals surface area contributed by atoms with E-state index in [2.05, 4.69) is 29.3 Å². The molecule has 30 heavy (non-hydrogen) atoms. The molecule has 1 aliphatic rings. The number of halogens is 3. The summed E-state index contributed by atoms with van der Waals surface area (Å²) < 4.78 is 40.6. The molecule has 4 rings (SSSR count). The van der Waals surface area contributed by atoms with Crippen LogP contribution in [0, 0.1) is 13.8 Å². The SMILES string of the molecule is Cc1cc(C)c2sc(N3CCN(C(=O)Nc4ccccc4C(F)(F)F)CC3)nc2c1. The fraction of sp³-hybridized carbons (Fsp3) is 0.333. The van der Waals surface area contributed by atoms with Crippen molar-refractivity contribution < 1.29 is 18.0 Å². The van der Waals surface area contributed by atoms with Gasteiger partial charge < -0.3 is 15.1 Å². The fourth-order valence-electron chi connectivity index (χ4n) is 3.63. The summed E-state index contributed by atoms with van der Waals surface area (Å²) in [6.07, 6.45) is -4.52. The number of para-hydroxylation sites is 1. The van der Waals surface area contributed by atoms with Gasteiger partial charge in [0.25, 0.3) is 0 Å². The number of thiazole rings is 1. The van der Waals surface area contributed by atoms with Crippen molar-refractivity contribution in [2.75, 3.05) is 36.4 Å². The maximum absolute atomic E-state index is 13.1. The summed E-state index contributed by atoms with van der Waals surface area (Å²) in [5.41, 5.74) is 2.25. The molecule has 2 aromatic carbocycles. The molecule has 1 aliphatic heterocycles. The molecule has 0 unspecified atom stereocenters. The molecule has 2 heterocycles. The number of hydrogen-bond donors (Lipinski definition) is 1. The highest BCUT2D eigenvalue weighted by Crippen LogP contribution is 2.35. The molecule has 0 aliphatic carbocycles. The van der Waals surface area contributed by atoms with Crippen molar-refractivity contribution in [1.82, 2.24) is 9.88 Å². The summed E-state index contributed by atoms with van der Waals surface area (Å²) in [7, 11) is 0. The number of nitrogens with zero attached hydrogens (tertiary/aromatic N) is 3. The Bertz CT molecular complexity index is 1090. The van der Waals surface area contributed by atoms with Gasteiger partial charge in [0.15, 0.2) is 5.13 Å². The molecule has 1 fully saturated rings. The second-order valence-corrected chi connectivity index (χ2v) is 8.35. The average molecular weight is 434 g/mol. The van der Waals surface area contributed by atoms with Crippen molar-refractivity contribution in [3.05, 3.63) is 53.1 Å². The monoisotopic (exact) mass is 434 g/mol. The van der Waals surface area contributed by atoms with Gasteiger partial charge in [0.1, 0.15) is 0 Å². The highest BCUT2D eigenvalue weighted by atomic mass is 32.1. The van der Waals surface area contributed by atoms with Crippen LogP contribution in [0.2, 0.25) is 0 Å². The van der Waals surface area contributed by atoms with E-state index in [0.717, 1.165) is 27.0 Å². The van der Waals surface area contributed by atoms with Crippen molar-refractivity contribution in [2.24, 2.45) is 0 Å². The third-order valence-electron chi connectivity index (χ3n) is 5.12. The van der Waals surface area contributed by atoms with E-state index in [4.69, 9.17) is 4.98 Å². The van der Waals surface area contributed by atoms with Gasteiger partial charge in [-0.15, -0.1) is 0 Å². The fourth-order valence-corrected chi connectivity index (χ4v) is 4.70. The van der Waals surface area contributed by atoms with Crippen LogP contribution < -0.4 is 10.2 Å². The van der Waals surface area contributed by atoms with Gasteiger partial charge >= 0.3 is 12.2 Å². The van der Waals surface area contributed by atoms with Crippen LogP contribution in [0.3, 0.4) is 0 Å². The summed E-state index contributed by atoms with van der Waals surface area (Å²) in [6, 6.07) is 8.67. The Labute approximate surface area is 176 Å². The highest BCUT2D eigenvalue weighted by Gasteiger charge is 2.34. The number of urea groups is 1. The number of nitrogens with one attached hydrogen (secondary N) is 1. The van der Waals surface area contributed by atoms with E-state index in [1.54, 1.807) is 11.3 Å². The van der Waals surface area contributed by atoms with Crippen LogP contribution in [-0.2, 0) is 6.18 Å². The van der Waals surface area contributed by atoms with Crippen molar-refractivity contribution in [2.45, 2.75) is 20.0 Å². The minimum atomic E-state index is -4.52. The predicted octanol–water partition coefficient (Wildman–Crippen LogP) is 5.29. The number of alkyl halides is 3.